The molecule has 1 aromatic carbocycles. The van der Waals surface area contributed by atoms with E-state index in [4.69, 9.17) is 9.47 Å². The van der Waals surface area contributed by atoms with Crippen molar-refractivity contribution < 1.29 is 14.3 Å². The Bertz CT molecular complexity index is 897. The van der Waals surface area contributed by atoms with Crippen molar-refractivity contribution in [3.63, 3.8) is 0 Å². The van der Waals surface area contributed by atoms with Gasteiger partial charge in [0.1, 0.15) is 0 Å². The Morgan fingerprint density at radius 2 is 2.23 bits per heavy atom. The second-order valence-corrected chi connectivity index (χ2v) is 7.43. The lowest BCUT2D eigenvalue weighted by Crippen LogP contribution is -2.24. The van der Waals surface area contributed by atoms with Crippen LogP contribution in [0.1, 0.15) is 10.4 Å². The van der Waals surface area contributed by atoms with Gasteiger partial charge in [0.05, 0.1) is 18.8 Å². The summed E-state index contributed by atoms with van der Waals surface area (Å²) >= 11 is 2.92. The first kappa shape index (κ1) is 16.9. The van der Waals surface area contributed by atoms with E-state index >= 15 is 0 Å². The largest absolute Gasteiger partial charge is 0.454 e. The van der Waals surface area contributed by atoms with E-state index in [2.05, 4.69) is 20.8 Å². The van der Waals surface area contributed by atoms with E-state index in [0.29, 0.717) is 18.2 Å². The first-order valence-corrected chi connectivity index (χ1v) is 9.71. The normalized spacial score (nSPS) is 12.3. The third kappa shape index (κ3) is 3.97. The number of thiophene rings is 1. The standard InChI is InChI=1S/C16H15N5O3S2/c22-15(17-7-12-2-1-5-25-12)9-26-16-18-19-20-21(16)8-11-3-4-13-14(6-11)24-10-23-13/h1-6H,7-10H2,(H,17,22). The number of nitrogens with zero attached hydrogens (tertiary/aromatic N) is 4. The lowest BCUT2D eigenvalue weighted by Gasteiger charge is -2.06. The van der Waals surface area contributed by atoms with Gasteiger partial charge in [0.25, 0.3) is 0 Å². The molecule has 0 fully saturated rings. The number of rotatable bonds is 7. The molecule has 26 heavy (non-hydrogen) atoms. The Morgan fingerprint density at radius 3 is 3.12 bits per heavy atom. The highest BCUT2D eigenvalue weighted by atomic mass is 32.2. The van der Waals surface area contributed by atoms with Crippen molar-refractivity contribution in [3.05, 3.63) is 46.2 Å². The van der Waals surface area contributed by atoms with E-state index in [1.807, 2.05) is 35.7 Å². The number of carbonyl (C=O) groups excluding carboxylic acids is 1. The summed E-state index contributed by atoms with van der Waals surface area (Å²) in [6.45, 7) is 1.27. The number of amides is 1. The van der Waals surface area contributed by atoms with E-state index in [9.17, 15) is 4.79 Å². The molecule has 10 heteroatoms. The van der Waals surface area contributed by atoms with Crippen LogP contribution in [0.4, 0.5) is 0 Å². The summed E-state index contributed by atoms with van der Waals surface area (Å²) in [6.07, 6.45) is 0. The van der Waals surface area contributed by atoms with Gasteiger partial charge in [-0.3, -0.25) is 4.79 Å². The molecule has 0 spiro atoms. The highest BCUT2D eigenvalue weighted by molar-refractivity contribution is 7.99. The van der Waals surface area contributed by atoms with E-state index in [0.717, 1.165) is 21.9 Å². The fourth-order valence-corrected chi connectivity index (χ4v) is 3.74. The smallest absolute Gasteiger partial charge is 0.231 e. The summed E-state index contributed by atoms with van der Waals surface area (Å²) in [5.41, 5.74) is 0.991. The van der Waals surface area contributed by atoms with Gasteiger partial charge in [0.2, 0.25) is 17.9 Å². The van der Waals surface area contributed by atoms with Crippen molar-refractivity contribution in [3.8, 4) is 11.5 Å². The van der Waals surface area contributed by atoms with E-state index < -0.39 is 0 Å². The number of carbonyl (C=O) groups is 1. The molecule has 3 aromatic rings. The van der Waals surface area contributed by atoms with Crippen molar-refractivity contribution >= 4 is 29.0 Å². The van der Waals surface area contributed by atoms with Gasteiger partial charge < -0.3 is 14.8 Å². The number of tetrazole rings is 1. The number of benzene rings is 1. The highest BCUT2D eigenvalue weighted by Crippen LogP contribution is 2.32. The van der Waals surface area contributed by atoms with Crippen LogP contribution in [0.5, 0.6) is 11.5 Å². The van der Waals surface area contributed by atoms with Crippen molar-refractivity contribution in [1.82, 2.24) is 25.5 Å². The molecule has 2 aromatic heterocycles. The Balaban J connectivity index is 1.32. The summed E-state index contributed by atoms with van der Waals surface area (Å²) in [7, 11) is 0. The fraction of sp³-hybridized carbons (Fsp3) is 0.250. The number of hydrogen-bond acceptors (Lipinski definition) is 8. The minimum absolute atomic E-state index is 0.0546. The molecular weight excluding hydrogens is 374 g/mol. The molecule has 0 radical (unpaired) electrons. The van der Waals surface area contributed by atoms with Gasteiger partial charge in [0, 0.05) is 4.88 Å². The zero-order valence-electron chi connectivity index (χ0n) is 13.6. The summed E-state index contributed by atoms with van der Waals surface area (Å²) in [5, 5.41) is 17.2. The number of fused-ring (bicyclic) bond motifs is 1. The maximum atomic E-state index is 12.0. The molecule has 8 nitrogen and oxygen atoms in total. The average Bonchev–Trinajstić information content (AvgIpc) is 3.39. The number of aromatic nitrogens is 4. The van der Waals surface area contributed by atoms with Crippen LogP contribution in [-0.2, 0) is 17.9 Å². The van der Waals surface area contributed by atoms with Crippen LogP contribution >= 0.6 is 23.1 Å². The van der Waals surface area contributed by atoms with Crippen LogP contribution in [0.15, 0.2) is 40.9 Å². The van der Waals surface area contributed by atoms with Crippen molar-refractivity contribution in [2.75, 3.05) is 12.5 Å². The van der Waals surface area contributed by atoms with E-state index in [-0.39, 0.29) is 18.5 Å². The van der Waals surface area contributed by atoms with Gasteiger partial charge in [0.15, 0.2) is 11.5 Å². The topological polar surface area (TPSA) is 91.2 Å². The van der Waals surface area contributed by atoms with Crippen LogP contribution in [0.3, 0.4) is 0 Å². The quantitative estimate of drug-likeness (QED) is 0.617. The van der Waals surface area contributed by atoms with Gasteiger partial charge in [-0.2, -0.15) is 0 Å². The molecule has 1 N–H and O–H groups in total. The second kappa shape index (κ2) is 7.75. The first-order valence-electron chi connectivity index (χ1n) is 7.84. The maximum Gasteiger partial charge on any atom is 0.231 e. The Morgan fingerprint density at radius 1 is 1.31 bits per heavy atom. The average molecular weight is 389 g/mol. The number of hydrogen-bond donors (Lipinski definition) is 1. The fourth-order valence-electron chi connectivity index (χ4n) is 2.39. The molecule has 1 aliphatic heterocycles. The van der Waals surface area contributed by atoms with Gasteiger partial charge in [-0.25, -0.2) is 4.68 Å². The summed E-state index contributed by atoms with van der Waals surface area (Å²) in [4.78, 5) is 13.1. The van der Waals surface area contributed by atoms with Crippen LogP contribution < -0.4 is 14.8 Å². The van der Waals surface area contributed by atoms with E-state index in [1.54, 1.807) is 16.0 Å². The van der Waals surface area contributed by atoms with Crippen LogP contribution in [-0.4, -0.2) is 38.7 Å². The van der Waals surface area contributed by atoms with Gasteiger partial charge in [-0.15, -0.1) is 16.4 Å². The molecule has 4 rings (SSSR count). The van der Waals surface area contributed by atoms with Gasteiger partial charge >= 0.3 is 0 Å². The summed E-state index contributed by atoms with van der Waals surface area (Å²) < 4.78 is 12.4. The minimum atomic E-state index is -0.0546. The Kier molecular flexibility index (Phi) is 5.02. The molecule has 0 saturated carbocycles. The van der Waals surface area contributed by atoms with Crippen molar-refractivity contribution in [2.45, 2.75) is 18.2 Å². The van der Waals surface area contributed by atoms with Gasteiger partial charge in [-0.05, 0) is 39.6 Å². The minimum Gasteiger partial charge on any atom is -0.454 e. The molecule has 134 valence electrons. The molecule has 0 bridgehead atoms. The third-order valence-corrected chi connectivity index (χ3v) is 5.47. The molecular formula is C16H15N5O3S2. The zero-order valence-corrected chi connectivity index (χ0v) is 15.3. The molecule has 0 atom stereocenters. The molecule has 3 heterocycles. The maximum absolute atomic E-state index is 12.0. The first-order chi connectivity index (χ1) is 12.8. The predicted molar refractivity (Wildman–Crippen MR) is 96.4 cm³/mol. The predicted octanol–water partition coefficient (Wildman–Crippen LogP) is 1.92. The summed E-state index contributed by atoms with van der Waals surface area (Å²) in [5.74, 6) is 1.66. The Labute approximate surface area is 157 Å². The second-order valence-electron chi connectivity index (χ2n) is 5.45. The monoisotopic (exact) mass is 389 g/mol. The lowest BCUT2D eigenvalue weighted by atomic mass is 10.2. The number of nitrogens with one attached hydrogen (secondary N) is 1. The van der Waals surface area contributed by atoms with Gasteiger partial charge in [-0.1, -0.05) is 23.9 Å². The SMILES string of the molecule is O=C(CSc1nnnn1Cc1ccc2c(c1)OCO2)NCc1cccs1. The van der Waals surface area contributed by atoms with Crippen molar-refractivity contribution in [1.29, 1.82) is 0 Å². The summed E-state index contributed by atoms with van der Waals surface area (Å²) in [6, 6.07) is 9.67. The lowest BCUT2D eigenvalue weighted by molar-refractivity contribution is -0.118. The molecule has 1 aliphatic rings. The molecule has 0 unspecified atom stereocenters. The van der Waals surface area contributed by atoms with Crippen LogP contribution in [0.25, 0.3) is 0 Å². The third-order valence-electron chi connectivity index (χ3n) is 3.64. The van der Waals surface area contributed by atoms with E-state index in [1.165, 1.54) is 11.8 Å². The molecule has 1 amide bonds. The number of ether oxygens (including phenoxy) is 2. The van der Waals surface area contributed by atoms with Crippen molar-refractivity contribution in [2.24, 2.45) is 0 Å². The zero-order chi connectivity index (χ0) is 17.8. The number of thioether (sulfide) groups is 1. The Hall–Kier alpha value is -2.59. The van der Waals surface area contributed by atoms with Crippen LogP contribution in [0.2, 0.25) is 0 Å². The highest BCUT2D eigenvalue weighted by Gasteiger charge is 2.15. The van der Waals surface area contributed by atoms with Crippen LogP contribution in [0, 0.1) is 0 Å². The molecule has 0 aliphatic carbocycles. The molecule has 0 saturated heterocycles.